The monoisotopic (exact) mass is 333 g/mol. The smallest absolute Gasteiger partial charge is 0.132 e. The van der Waals surface area contributed by atoms with Gasteiger partial charge in [-0.15, -0.1) is 0 Å². The molecule has 2 nitrogen and oxygen atoms in total. The lowest BCUT2D eigenvalue weighted by Gasteiger charge is -2.18. The summed E-state index contributed by atoms with van der Waals surface area (Å²) in [5.41, 5.74) is 1.16. The number of benzene rings is 2. The summed E-state index contributed by atoms with van der Waals surface area (Å²) in [4.78, 5) is 0. The first kappa shape index (κ1) is 15.1. The SMILES string of the molecule is CCCNC(C)c1cc(Br)ccc1Oc1ccccc1. The zero-order valence-corrected chi connectivity index (χ0v) is 13.5. The Labute approximate surface area is 129 Å². The Hall–Kier alpha value is -1.32. The largest absolute Gasteiger partial charge is 0.457 e. The lowest BCUT2D eigenvalue weighted by Crippen LogP contribution is -2.19. The first-order chi connectivity index (χ1) is 9.70. The van der Waals surface area contributed by atoms with E-state index >= 15 is 0 Å². The van der Waals surface area contributed by atoms with Crippen molar-refractivity contribution in [2.45, 2.75) is 26.3 Å². The molecule has 0 aliphatic heterocycles. The minimum atomic E-state index is 0.256. The lowest BCUT2D eigenvalue weighted by atomic mass is 10.1. The standard InChI is InChI=1S/C17H20BrNO/c1-3-11-19-13(2)16-12-14(18)9-10-17(16)20-15-7-5-4-6-8-15/h4-10,12-13,19H,3,11H2,1-2H3. The molecule has 106 valence electrons. The van der Waals surface area contributed by atoms with E-state index in [1.807, 2.05) is 42.5 Å². The van der Waals surface area contributed by atoms with Gasteiger partial charge in [-0.1, -0.05) is 41.1 Å². The first-order valence-corrected chi connectivity index (χ1v) is 7.75. The van der Waals surface area contributed by atoms with Crippen LogP contribution in [0.5, 0.6) is 11.5 Å². The second-order valence-corrected chi connectivity index (χ2v) is 5.69. The Bertz CT molecular complexity index is 542. The van der Waals surface area contributed by atoms with Crippen LogP contribution in [0.3, 0.4) is 0 Å². The van der Waals surface area contributed by atoms with Crippen LogP contribution in [0.25, 0.3) is 0 Å². The molecule has 0 aliphatic carbocycles. The minimum absolute atomic E-state index is 0.256. The highest BCUT2D eigenvalue weighted by Gasteiger charge is 2.12. The predicted octanol–water partition coefficient (Wildman–Crippen LogP) is 5.30. The van der Waals surface area contributed by atoms with Gasteiger partial charge in [-0.25, -0.2) is 0 Å². The summed E-state index contributed by atoms with van der Waals surface area (Å²) >= 11 is 3.53. The fourth-order valence-electron chi connectivity index (χ4n) is 2.04. The zero-order chi connectivity index (χ0) is 14.4. The molecule has 0 saturated carbocycles. The summed E-state index contributed by atoms with van der Waals surface area (Å²) in [5, 5.41) is 3.50. The number of rotatable bonds is 6. The van der Waals surface area contributed by atoms with Gasteiger partial charge in [0.25, 0.3) is 0 Å². The average molecular weight is 334 g/mol. The van der Waals surface area contributed by atoms with E-state index in [1.165, 1.54) is 0 Å². The molecular weight excluding hydrogens is 314 g/mol. The first-order valence-electron chi connectivity index (χ1n) is 6.96. The fraction of sp³-hybridized carbons (Fsp3) is 0.294. The van der Waals surface area contributed by atoms with Crippen LogP contribution in [0.4, 0.5) is 0 Å². The summed E-state index contributed by atoms with van der Waals surface area (Å²) in [6.07, 6.45) is 1.12. The molecular formula is C17H20BrNO. The van der Waals surface area contributed by atoms with Crippen molar-refractivity contribution in [1.29, 1.82) is 0 Å². The van der Waals surface area contributed by atoms with Gasteiger partial charge in [-0.3, -0.25) is 0 Å². The number of nitrogens with one attached hydrogen (secondary N) is 1. The second-order valence-electron chi connectivity index (χ2n) is 4.77. The van der Waals surface area contributed by atoms with E-state index in [0.717, 1.165) is 34.5 Å². The molecule has 0 amide bonds. The molecule has 0 aliphatic rings. The molecule has 0 saturated heterocycles. The molecule has 3 heteroatoms. The highest BCUT2D eigenvalue weighted by atomic mass is 79.9. The molecule has 2 rings (SSSR count). The van der Waals surface area contributed by atoms with Crippen LogP contribution in [0.1, 0.15) is 31.9 Å². The number of halogens is 1. The van der Waals surface area contributed by atoms with E-state index in [4.69, 9.17) is 4.74 Å². The van der Waals surface area contributed by atoms with Crippen LogP contribution in [-0.4, -0.2) is 6.54 Å². The molecule has 1 atom stereocenters. The van der Waals surface area contributed by atoms with Gasteiger partial charge >= 0.3 is 0 Å². The van der Waals surface area contributed by atoms with Gasteiger partial charge in [0.05, 0.1) is 0 Å². The van der Waals surface area contributed by atoms with E-state index in [9.17, 15) is 0 Å². The summed E-state index contributed by atoms with van der Waals surface area (Å²) in [6.45, 7) is 5.33. The second kappa shape index (κ2) is 7.46. The van der Waals surface area contributed by atoms with Gasteiger partial charge in [0.2, 0.25) is 0 Å². The number of ether oxygens (including phenoxy) is 1. The summed E-state index contributed by atoms with van der Waals surface area (Å²) < 4.78 is 7.07. The molecule has 1 unspecified atom stereocenters. The van der Waals surface area contributed by atoms with Crippen molar-refractivity contribution < 1.29 is 4.74 Å². The van der Waals surface area contributed by atoms with Crippen LogP contribution in [0.2, 0.25) is 0 Å². The van der Waals surface area contributed by atoms with Gasteiger partial charge in [-0.05, 0) is 50.2 Å². The topological polar surface area (TPSA) is 21.3 Å². The molecule has 0 spiro atoms. The average Bonchev–Trinajstić information content (AvgIpc) is 2.47. The summed E-state index contributed by atoms with van der Waals surface area (Å²) in [7, 11) is 0. The van der Waals surface area contributed by atoms with Crippen LogP contribution >= 0.6 is 15.9 Å². The quantitative estimate of drug-likeness (QED) is 0.774. The third-order valence-corrected chi connectivity index (χ3v) is 3.60. The Balaban J connectivity index is 2.23. The number of para-hydroxylation sites is 1. The van der Waals surface area contributed by atoms with Crippen LogP contribution in [0.15, 0.2) is 53.0 Å². The van der Waals surface area contributed by atoms with Crippen molar-refractivity contribution in [3.63, 3.8) is 0 Å². The fourth-order valence-corrected chi connectivity index (χ4v) is 2.42. The van der Waals surface area contributed by atoms with Gasteiger partial charge in [0.1, 0.15) is 11.5 Å². The number of hydrogen-bond acceptors (Lipinski definition) is 2. The Morgan fingerprint density at radius 3 is 2.60 bits per heavy atom. The maximum Gasteiger partial charge on any atom is 0.132 e. The van der Waals surface area contributed by atoms with Crippen LogP contribution in [-0.2, 0) is 0 Å². The van der Waals surface area contributed by atoms with Crippen molar-refractivity contribution in [2.24, 2.45) is 0 Å². The Morgan fingerprint density at radius 2 is 1.90 bits per heavy atom. The summed E-state index contributed by atoms with van der Waals surface area (Å²) in [6, 6.07) is 16.3. The third kappa shape index (κ3) is 4.09. The Morgan fingerprint density at radius 1 is 1.15 bits per heavy atom. The molecule has 0 heterocycles. The molecule has 0 fully saturated rings. The van der Waals surface area contributed by atoms with Gasteiger partial charge in [0.15, 0.2) is 0 Å². The molecule has 20 heavy (non-hydrogen) atoms. The molecule has 2 aromatic carbocycles. The molecule has 0 aromatic heterocycles. The maximum atomic E-state index is 6.00. The van der Waals surface area contributed by atoms with E-state index in [1.54, 1.807) is 0 Å². The van der Waals surface area contributed by atoms with Gasteiger partial charge in [0, 0.05) is 16.1 Å². The highest BCUT2D eigenvalue weighted by Crippen LogP contribution is 2.32. The third-order valence-electron chi connectivity index (χ3n) is 3.11. The molecule has 1 N–H and O–H groups in total. The van der Waals surface area contributed by atoms with E-state index in [-0.39, 0.29) is 6.04 Å². The highest BCUT2D eigenvalue weighted by molar-refractivity contribution is 9.10. The van der Waals surface area contributed by atoms with Crippen molar-refractivity contribution in [3.05, 3.63) is 58.6 Å². The zero-order valence-electron chi connectivity index (χ0n) is 11.9. The van der Waals surface area contributed by atoms with Crippen LogP contribution < -0.4 is 10.1 Å². The maximum absolute atomic E-state index is 6.00. The van der Waals surface area contributed by atoms with Crippen molar-refractivity contribution in [2.75, 3.05) is 6.54 Å². The number of hydrogen-bond donors (Lipinski definition) is 1. The van der Waals surface area contributed by atoms with Crippen molar-refractivity contribution in [1.82, 2.24) is 5.32 Å². The minimum Gasteiger partial charge on any atom is -0.457 e. The molecule has 0 bridgehead atoms. The lowest BCUT2D eigenvalue weighted by molar-refractivity contribution is 0.461. The van der Waals surface area contributed by atoms with Crippen molar-refractivity contribution >= 4 is 15.9 Å². The van der Waals surface area contributed by atoms with Gasteiger partial charge < -0.3 is 10.1 Å². The molecule has 0 radical (unpaired) electrons. The molecule has 2 aromatic rings. The van der Waals surface area contributed by atoms with Gasteiger partial charge in [-0.2, -0.15) is 0 Å². The van der Waals surface area contributed by atoms with Crippen LogP contribution in [0, 0.1) is 0 Å². The van der Waals surface area contributed by atoms with E-state index < -0.39 is 0 Å². The Kier molecular flexibility index (Phi) is 5.62. The summed E-state index contributed by atoms with van der Waals surface area (Å²) in [5.74, 6) is 1.76. The van der Waals surface area contributed by atoms with E-state index in [0.29, 0.717) is 0 Å². The van der Waals surface area contributed by atoms with E-state index in [2.05, 4.69) is 41.2 Å². The van der Waals surface area contributed by atoms with Crippen molar-refractivity contribution in [3.8, 4) is 11.5 Å². The normalized spacial score (nSPS) is 12.2. The predicted molar refractivity (Wildman–Crippen MR) is 87.4 cm³/mol.